The number of nitrogens with zero attached hydrogens (tertiary/aromatic N) is 5. The van der Waals surface area contributed by atoms with Crippen molar-refractivity contribution in [2.24, 2.45) is 14.1 Å². The summed E-state index contributed by atoms with van der Waals surface area (Å²) in [5.41, 5.74) is 6.66. The van der Waals surface area contributed by atoms with Crippen molar-refractivity contribution >= 4 is 39.3 Å². The largest absolute Gasteiger partial charge is 0.508 e. The summed E-state index contributed by atoms with van der Waals surface area (Å²) in [5, 5.41) is 22.2. The molecule has 0 spiro atoms. The van der Waals surface area contributed by atoms with Gasteiger partial charge >= 0.3 is 0 Å². The van der Waals surface area contributed by atoms with Crippen molar-refractivity contribution in [3.63, 3.8) is 0 Å². The Morgan fingerprint density at radius 1 is 0.936 bits per heavy atom. The normalized spacial score (nSPS) is 14.5. The van der Waals surface area contributed by atoms with Crippen molar-refractivity contribution in [3.05, 3.63) is 110 Å². The number of hydrogen-bond acceptors (Lipinski definition) is 5. The zero-order valence-electron chi connectivity index (χ0n) is 25.9. The molecule has 3 aromatic carbocycles. The summed E-state index contributed by atoms with van der Waals surface area (Å²) >= 11 is 6.56. The number of fused-ring (bicyclic) bond motifs is 6. The maximum atomic E-state index is 14.6. The predicted octanol–water partition coefficient (Wildman–Crippen LogP) is 6.24. The molecule has 1 N–H and O–H groups in total. The van der Waals surface area contributed by atoms with Crippen LogP contribution in [0.2, 0.25) is 5.02 Å². The van der Waals surface area contributed by atoms with Gasteiger partial charge in [0.1, 0.15) is 23.3 Å². The second-order valence-electron chi connectivity index (χ2n) is 12.2. The Hall–Kier alpha value is -5.46. The minimum atomic E-state index is -0.277. The summed E-state index contributed by atoms with van der Waals surface area (Å²) in [6.07, 6.45) is 1.86. The Kier molecular flexibility index (Phi) is 6.67. The van der Waals surface area contributed by atoms with Crippen LogP contribution in [0.3, 0.4) is 0 Å². The molecule has 0 radical (unpaired) electrons. The summed E-state index contributed by atoms with van der Waals surface area (Å²) in [4.78, 5) is 30.7. The number of pyridine rings is 1. The van der Waals surface area contributed by atoms with Crippen LogP contribution in [0.25, 0.3) is 38.8 Å². The lowest BCUT2D eigenvalue weighted by Crippen LogP contribution is -2.36. The lowest BCUT2D eigenvalue weighted by atomic mass is 9.97. The van der Waals surface area contributed by atoms with Gasteiger partial charge in [-0.2, -0.15) is 5.26 Å². The number of phenolic OH excluding ortho intramolecular Hbond substituents is 1. The first-order valence-corrected chi connectivity index (χ1v) is 15.9. The number of nitriles is 1. The summed E-state index contributed by atoms with van der Waals surface area (Å²) in [6, 6.07) is 21.9. The monoisotopic (exact) mass is 643 g/mol. The Balaban J connectivity index is 1.45. The van der Waals surface area contributed by atoms with E-state index in [1.165, 1.54) is 0 Å². The molecule has 3 aromatic heterocycles. The first kappa shape index (κ1) is 29.0. The molecular weight excluding hydrogens is 614 g/mol. The van der Waals surface area contributed by atoms with Crippen molar-refractivity contribution in [3.8, 4) is 34.5 Å². The minimum absolute atomic E-state index is 0.0515. The van der Waals surface area contributed by atoms with E-state index in [-0.39, 0.29) is 17.2 Å². The smallest absolute Gasteiger partial charge is 0.265 e. The summed E-state index contributed by atoms with van der Waals surface area (Å²) in [5.74, 6) is 0.735. The molecule has 9 rings (SSSR count). The number of aryl methyl sites for hydroxylation is 1. The van der Waals surface area contributed by atoms with Gasteiger partial charge in [-0.25, -0.2) is 0 Å². The summed E-state index contributed by atoms with van der Waals surface area (Å²) < 4.78 is 11.7. The van der Waals surface area contributed by atoms with E-state index >= 15 is 0 Å². The van der Waals surface area contributed by atoms with Crippen molar-refractivity contribution in [2.75, 3.05) is 13.2 Å². The fraction of sp³-hybridized carbons (Fsp3) is 0.216. The van der Waals surface area contributed by atoms with E-state index in [0.29, 0.717) is 94.0 Å². The standard InChI is InChI=1S/C37H30ClN5O4/c1-40-23(19-39)16-33-31(40)6-4-14-47-34-7-3-5-21-20-42(13-12-25(21)34)36(45)26-10-8-22(38)15-27(26)32-18-29-35(41(32)2)28-17-24(44)9-11-30(28)43(33)37(29)46/h3,5,7-11,15-18,44H,4,6,12-14,20H2,1-2H3. The molecule has 0 saturated carbocycles. The van der Waals surface area contributed by atoms with Gasteiger partial charge in [0.15, 0.2) is 0 Å². The Morgan fingerprint density at radius 3 is 2.62 bits per heavy atom. The molecule has 6 aromatic rings. The van der Waals surface area contributed by atoms with E-state index in [4.69, 9.17) is 16.3 Å². The topological polar surface area (TPSA) is 105 Å². The Morgan fingerprint density at radius 2 is 1.79 bits per heavy atom. The molecule has 9 nitrogen and oxygen atoms in total. The van der Waals surface area contributed by atoms with Crippen molar-refractivity contribution in [2.45, 2.75) is 25.8 Å². The van der Waals surface area contributed by atoms with Crippen LogP contribution in [0.4, 0.5) is 0 Å². The van der Waals surface area contributed by atoms with Crippen LogP contribution in [-0.2, 0) is 33.5 Å². The number of rotatable bonds is 0. The molecule has 3 aliphatic rings. The zero-order valence-corrected chi connectivity index (χ0v) is 26.6. The average Bonchev–Trinajstić information content (AvgIpc) is 3.58. The average molecular weight is 644 g/mol. The molecule has 1 amide bonds. The maximum Gasteiger partial charge on any atom is 0.265 e. The highest BCUT2D eigenvalue weighted by Crippen LogP contribution is 2.37. The third-order valence-electron chi connectivity index (χ3n) is 9.65. The third-order valence-corrected chi connectivity index (χ3v) is 9.88. The molecule has 6 heterocycles. The van der Waals surface area contributed by atoms with Crippen molar-refractivity contribution < 1.29 is 14.6 Å². The quantitative estimate of drug-likeness (QED) is 0.211. The molecule has 234 valence electrons. The van der Waals surface area contributed by atoms with Gasteiger partial charge in [0.2, 0.25) is 0 Å². The second-order valence-corrected chi connectivity index (χ2v) is 12.7. The molecule has 10 heteroatoms. The van der Waals surface area contributed by atoms with E-state index in [0.717, 1.165) is 22.6 Å². The number of benzene rings is 3. The minimum Gasteiger partial charge on any atom is -0.508 e. The first-order chi connectivity index (χ1) is 22.7. The van der Waals surface area contributed by atoms with E-state index < -0.39 is 0 Å². The fourth-order valence-electron chi connectivity index (χ4n) is 7.34. The molecule has 0 atom stereocenters. The van der Waals surface area contributed by atoms with E-state index in [1.807, 2.05) is 46.3 Å². The first-order valence-electron chi connectivity index (χ1n) is 15.5. The predicted molar refractivity (Wildman–Crippen MR) is 181 cm³/mol. The molecule has 47 heavy (non-hydrogen) atoms. The lowest BCUT2D eigenvalue weighted by molar-refractivity contribution is 0.0734. The number of phenols is 1. The molecule has 3 aliphatic heterocycles. The van der Waals surface area contributed by atoms with Crippen LogP contribution in [-0.4, -0.2) is 42.8 Å². The van der Waals surface area contributed by atoms with Gasteiger partial charge in [0, 0.05) is 65.7 Å². The molecule has 0 aliphatic carbocycles. The van der Waals surface area contributed by atoms with E-state index in [9.17, 15) is 20.0 Å². The van der Waals surface area contributed by atoms with Crippen LogP contribution < -0.4 is 10.3 Å². The molecule has 0 saturated heterocycles. The highest BCUT2D eigenvalue weighted by atomic mass is 35.5. The van der Waals surface area contributed by atoms with Gasteiger partial charge in [0.25, 0.3) is 11.5 Å². The Labute approximate surface area is 275 Å². The number of carbonyl (C=O) groups excluding carboxylic acids is 1. The van der Waals surface area contributed by atoms with E-state index in [1.54, 1.807) is 53.1 Å². The van der Waals surface area contributed by atoms with Gasteiger partial charge in [-0.15, -0.1) is 0 Å². The van der Waals surface area contributed by atoms with E-state index in [2.05, 4.69) is 6.07 Å². The SMILES string of the molecule is Cn1c(C#N)cc2c1CCCOc1cccc3c1CCN(C3)C(=O)c1ccc(Cl)cc1-c1cc3c(=O)n-2c2ccc(O)cc2c3n1C. The van der Waals surface area contributed by atoms with Crippen LogP contribution in [0.15, 0.2) is 71.5 Å². The van der Waals surface area contributed by atoms with Crippen LogP contribution in [0.1, 0.15) is 39.3 Å². The summed E-state index contributed by atoms with van der Waals surface area (Å²) in [7, 11) is 3.69. The highest BCUT2D eigenvalue weighted by molar-refractivity contribution is 6.31. The summed E-state index contributed by atoms with van der Waals surface area (Å²) in [6.45, 7) is 1.41. The Bertz CT molecular complexity index is 2410. The third kappa shape index (κ3) is 4.43. The van der Waals surface area contributed by atoms with Gasteiger partial charge in [0.05, 0.1) is 28.7 Å². The molecule has 0 unspecified atom stereocenters. The number of aromatic hydroxyl groups is 1. The van der Waals surface area contributed by atoms with Gasteiger partial charge in [-0.1, -0.05) is 23.7 Å². The molecule has 7 bridgehead atoms. The van der Waals surface area contributed by atoms with Crippen molar-refractivity contribution in [1.82, 2.24) is 18.6 Å². The zero-order chi connectivity index (χ0) is 32.6. The lowest BCUT2D eigenvalue weighted by Gasteiger charge is -2.30. The number of carbonyl (C=O) groups is 1. The van der Waals surface area contributed by atoms with Crippen molar-refractivity contribution in [1.29, 1.82) is 5.26 Å². The van der Waals surface area contributed by atoms with Crippen LogP contribution in [0.5, 0.6) is 11.5 Å². The number of ether oxygens (including phenoxy) is 1. The molecule has 0 fully saturated rings. The molecular formula is C37H30ClN5O4. The van der Waals surface area contributed by atoms with Gasteiger partial charge in [-0.05, 0) is 79.4 Å². The maximum absolute atomic E-state index is 14.6. The number of amides is 1. The number of hydrogen-bond donors (Lipinski definition) is 1. The van der Waals surface area contributed by atoms with Crippen LogP contribution >= 0.6 is 11.6 Å². The highest BCUT2D eigenvalue weighted by Gasteiger charge is 2.28. The number of aromatic nitrogens is 3. The fourth-order valence-corrected chi connectivity index (χ4v) is 7.51. The van der Waals surface area contributed by atoms with Crippen LogP contribution in [0, 0.1) is 11.3 Å². The second kappa shape index (κ2) is 10.8. The van der Waals surface area contributed by atoms with Gasteiger partial charge < -0.3 is 23.9 Å². The van der Waals surface area contributed by atoms with Gasteiger partial charge in [-0.3, -0.25) is 14.2 Å². The number of halogens is 1.